The molecule has 0 aliphatic heterocycles. The van der Waals surface area contributed by atoms with Crippen molar-refractivity contribution >= 4 is 34.8 Å². The highest BCUT2D eigenvalue weighted by Crippen LogP contribution is 2.32. The van der Waals surface area contributed by atoms with E-state index in [-0.39, 0.29) is 5.82 Å². The van der Waals surface area contributed by atoms with Gasteiger partial charge in [-0.15, -0.1) is 0 Å². The van der Waals surface area contributed by atoms with Crippen molar-refractivity contribution in [3.8, 4) is 0 Å². The van der Waals surface area contributed by atoms with E-state index in [4.69, 9.17) is 11.6 Å². The molecule has 3 aromatic carbocycles. The Hall–Kier alpha value is -3.43. The second-order valence-corrected chi connectivity index (χ2v) is 9.59. The molecule has 39 heavy (non-hydrogen) atoms. The smallest absolute Gasteiger partial charge is 0.123 e. The van der Waals surface area contributed by atoms with Gasteiger partial charge in [0.1, 0.15) is 5.82 Å². The second kappa shape index (κ2) is 18.0. The number of aryl methyl sites for hydroxylation is 4. The van der Waals surface area contributed by atoms with E-state index in [0.29, 0.717) is 5.02 Å². The van der Waals surface area contributed by atoms with Crippen LogP contribution in [-0.2, 0) is 6.42 Å². The molecule has 0 unspecified atom stereocenters. The van der Waals surface area contributed by atoms with Crippen LogP contribution in [-0.4, -0.2) is 6.21 Å². The molecule has 0 heterocycles. The van der Waals surface area contributed by atoms with Gasteiger partial charge in [-0.05, 0) is 113 Å². The summed E-state index contributed by atoms with van der Waals surface area (Å²) in [6, 6.07) is 17.1. The molecule has 0 saturated heterocycles. The maximum absolute atomic E-state index is 13.1. The first-order chi connectivity index (χ1) is 18.6. The highest BCUT2D eigenvalue weighted by Gasteiger charge is 2.06. The van der Waals surface area contributed by atoms with Crippen LogP contribution in [0, 0.1) is 26.6 Å². The van der Waals surface area contributed by atoms with E-state index in [9.17, 15) is 4.39 Å². The van der Waals surface area contributed by atoms with Gasteiger partial charge in [-0.3, -0.25) is 4.99 Å². The highest BCUT2D eigenvalue weighted by atomic mass is 35.5. The summed E-state index contributed by atoms with van der Waals surface area (Å²) in [5.74, 6) is -0.180. The fourth-order valence-electron chi connectivity index (χ4n) is 3.79. The van der Waals surface area contributed by atoms with Crippen molar-refractivity contribution in [3.63, 3.8) is 0 Å². The van der Waals surface area contributed by atoms with E-state index >= 15 is 0 Å². The minimum Gasteiger partial charge on any atom is -0.360 e. The molecule has 3 aromatic rings. The SMILES string of the molecule is C=C(C)Nc1ccc(C)cc1C.CC.CC=Nc1c(C)cc(/C(C)=C/C=C\CCc2cccc(F)c2)cc1Cl. The predicted octanol–water partition coefficient (Wildman–Crippen LogP) is 11.4. The number of anilines is 1. The van der Waals surface area contributed by atoms with Crippen LogP contribution < -0.4 is 5.32 Å². The maximum Gasteiger partial charge on any atom is 0.123 e. The minimum atomic E-state index is -0.180. The summed E-state index contributed by atoms with van der Waals surface area (Å²) in [4.78, 5) is 4.31. The molecule has 0 aromatic heterocycles. The lowest BCUT2D eigenvalue weighted by Gasteiger charge is -2.08. The Morgan fingerprint density at radius 2 is 1.72 bits per heavy atom. The molecular weight excluding hydrogens is 503 g/mol. The quantitative estimate of drug-likeness (QED) is 0.220. The molecule has 0 fully saturated rings. The van der Waals surface area contributed by atoms with Crippen LogP contribution >= 0.6 is 11.6 Å². The van der Waals surface area contributed by atoms with Gasteiger partial charge < -0.3 is 5.32 Å². The third-order valence-electron chi connectivity index (χ3n) is 5.67. The summed E-state index contributed by atoms with van der Waals surface area (Å²) in [5.41, 5.74) is 9.80. The number of nitrogens with one attached hydrogen (secondary N) is 1. The van der Waals surface area contributed by atoms with Crippen molar-refractivity contribution < 1.29 is 4.39 Å². The number of hydrogen-bond acceptors (Lipinski definition) is 2. The average molecular weight is 547 g/mol. The van der Waals surface area contributed by atoms with Gasteiger partial charge in [-0.25, -0.2) is 4.39 Å². The Bertz CT molecular complexity index is 1280. The monoisotopic (exact) mass is 546 g/mol. The molecule has 3 rings (SSSR count). The Kier molecular flexibility index (Phi) is 15.5. The molecular formula is C35H44ClFN2. The molecule has 0 aliphatic rings. The van der Waals surface area contributed by atoms with Gasteiger partial charge in [0.25, 0.3) is 0 Å². The van der Waals surface area contributed by atoms with Gasteiger partial charge in [-0.1, -0.05) is 80.1 Å². The van der Waals surface area contributed by atoms with Crippen LogP contribution in [0.2, 0.25) is 5.02 Å². The standard InChI is InChI=1S/C22H23ClFN.C11H15N.C2H6/c1-4-25-22-17(3)13-19(15-21(22)23)16(2)9-6-5-7-10-18-11-8-12-20(24)14-18;1-8(2)12-11-6-5-9(3)7-10(11)4;1-2/h4-6,8-9,11-15H,7,10H2,1-3H3;5-7,12H,1H2,2-4H3;1-2H3/b6-5-,16-9+,25-4?;;. The first-order valence-electron chi connectivity index (χ1n) is 13.5. The van der Waals surface area contributed by atoms with Crippen molar-refractivity contribution in [2.75, 3.05) is 5.32 Å². The first-order valence-corrected chi connectivity index (χ1v) is 13.8. The summed E-state index contributed by atoms with van der Waals surface area (Å²) in [6.45, 7) is 19.9. The van der Waals surface area contributed by atoms with Gasteiger partial charge in [0, 0.05) is 17.6 Å². The topological polar surface area (TPSA) is 24.4 Å². The molecule has 0 bridgehead atoms. The van der Waals surface area contributed by atoms with E-state index in [1.165, 1.54) is 17.2 Å². The molecule has 0 aliphatic carbocycles. The van der Waals surface area contributed by atoms with Gasteiger partial charge in [0.15, 0.2) is 0 Å². The fraction of sp³-hybridized carbons (Fsp3) is 0.286. The molecule has 0 spiro atoms. The Balaban J connectivity index is 0.000000454. The summed E-state index contributed by atoms with van der Waals surface area (Å²) in [5, 5.41) is 3.87. The second-order valence-electron chi connectivity index (χ2n) is 9.18. The summed E-state index contributed by atoms with van der Waals surface area (Å²) >= 11 is 6.33. The Labute approximate surface area is 241 Å². The van der Waals surface area contributed by atoms with Crippen LogP contribution in [0.5, 0.6) is 0 Å². The lowest BCUT2D eigenvalue weighted by Crippen LogP contribution is -1.95. The number of rotatable bonds is 8. The van der Waals surface area contributed by atoms with E-state index in [0.717, 1.165) is 52.2 Å². The van der Waals surface area contributed by atoms with Crippen molar-refractivity contribution in [1.29, 1.82) is 0 Å². The maximum atomic E-state index is 13.1. The molecule has 1 N–H and O–H groups in total. The zero-order chi connectivity index (χ0) is 29.4. The van der Waals surface area contributed by atoms with E-state index < -0.39 is 0 Å². The van der Waals surface area contributed by atoms with Crippen LogP contribution in [0.1, 0.15) is 68.9 Å². The Morgan fingerprint density at radius 1 is 1.00 bits per heavy atom. The first kappa shape index (κ1) is 33.6. The van der Waals surface area contributed by atoms with E-state index in [1.807, 2.05) is 52.8 Å². The molecule has 0 saturated carbocycles. The molecule has 0 atom stereocenters. The normalized spacial score (nSPS) is 11.1. The van der Waals surface area contributed by atoms with Crippen LogP contribution in [0.3, 0.4) is 0 Å². The molecule has 4 heteroatoms. The van der Waals surface area contributed by atoms with Crippen LogP contribution in [0.15, 0.2) is 90.1 Å². The number of aliphatic imine (C=N–C) groups is 1. The van der Waals surface area contributed by atoms with Gasteiger partial charge in [0.2, 0.25) is 0 Å². The van der Waals surface area contributed by atoms with Crippen molar-refractivity contribution in [1.82, 2.24) is 0 Å². The minimum absolute atomic E-state index is 0.180. The van der Waals surface area contributed by atoms with Gasteiger partial charge in [0.05, 0.1) is 10.7 Å². The van der Waals surface area contributed by atoms with Gasteiger partial charge >= 0.3 is 0 Å². The fourth-order valence-corrected chi connectivity index (χ4v) is 4.10. The van der Waals surface area contributed by atoms with Crippen molar-refractivity contribution in [3.05, 3.63) is 124 Å². The number of nitrogens with zero attached hydrogens (tertiary/aromatic N) is 1. The average Bonchev–Trinajstić information content (AvgIpc) is 2.89. The lowest BCUT2D eigenvalue weighted by molar-refractivity contribution is 0.625. The molecule has 2 nitrogen and oxygen atoms in total. The van der Waals surface area contributed by atoms with Gasteiger partial charge in [-0.2, -0.15) is 0 Å². The zero-order valence-corrected chi connectivity index (χ0v) is 25.6. The van der Waals surface area contributed by atoms with E-state index in [2.05, 4.69) is 74.1 Å². The summed E-state index contributed by atoms with van der Waals surface area (Å²) < 4.78 is 13.1. The molecule has 208 valence electrons. The number of hydrogen-bond donors (Lipinski definition) is 1. The number of allylic oxidation sites excluding steroid dienone is 5. The Morgan fingerprint density at radius 3 is 2.31 bits per heavy atom. The number of benzene rings is 3. The van der Waals surface area contributed by atoms with Crippen LogP contribution in [0.25, 0.3) is 5.57 Å². The van der Waals surface area contributed by atoms with Crippen LogP contribution in [0.4, 0.5) is 15.8 Å². The number of halogens is 2. The van der Waals surface area contributed by atoms with E-state index in [1.54, 1.807) is 18.3 Å². The summed E-state index contributed by atoms with van der Waals surface area (Å²) in [6.07, 6.45) is 9.65. The largest absolute Gasteiger partial charge is 0.360 e. The third kappa shape index (κ3) is 12.3. The molecule has 0 amide bonds. The predicted molar refractivity (Wildman–Crippen MR) is 173 cm³/mol. The zero-order valence-electron chi connectivity index (χ0n) is 24.8. The highest BCUT2D eigenvalue weighted by molar-refractivity contribution is 6.33. The molecule has 0 radical (unpaired) electrons. The summed E-state index contributed by atoms with van der Waals surface area (Å²) in [7, 11) is 0. The third-order valence-corrected chi connectivity index (χ3v) is 5.96. The van der Waals surface area contributed by atoms with Crippen molar-refractivity contribution in [2.45, 2.75) is 68.2 Å². The van der Waals surface area contributed by atoms with Crippen molar-refractivity contribution in [2.24, 2.45) is 4.99 Å². The lowest BCUT2D eigenvalue weighted by atomic mass is 10.0.